The minimum atomic E-state index is -0.162. The van der Waals surface area contributed by atoms with Crippen LogP contribution in [0.2, 0.25) is 0 Å². The van der Waals surface area contributed by atoms with Gasteiger partial charge in [-0.25, -0.2) is 0 Å². The number of rotatable bonds is 5. The number of hydrogen-bond donors (Lipinski definition) is 2. The lowest BCUT2D eigenvalue weighted by atomic mass is 10.0. The number of carbonyl (C=O) groups excluding carboxylic acids is 1. The van der Waals surface area contributed by atoms with Crippen molar-refractivity contribution in [2.24, 2.45) is 4.99 Å². The number of aliphatic imine (C=N–C) groups is 1. The van der Waals surface area contributed by atoms with Gasteiger partial charge >= 0.3 is 0 Å². The number of furan rings is 1. The van der Waals surface area contributed by atoms with Gasteiger partial charge in [-0.2, -0.15) is 0 Å². The number of nitrogens with zero attached hydrogens (tertiary/aromatic N) is 2. The summed E-state index contributed by atoms with van der Waals surface area (Å²) in [5, 5.41) is 6.28. The van der Waals surface area contributed by atoms with Crippen LogP contribution in [0.25, 0.3) is 0 Å². The molecule has 1 aromatic carbocycles. The Balaban J connectivity index is 1.41. The molecule has 0 fully saturated rings. The van der Waals surface area contributed by atoms with Crippen LogP contribution in [0.1, 0.15) is 33.7 Å². The predicted molar refractivity (Wildman–Crippen MR) is 102 cm³/mol. The molecule has 0 saturated carbocycles. The normalized spacial score (nSPS) is 14.1. The predicted octanol–water partition coefficient (Wildman–Crippen LogP) is 2.34. The first-order chi connectivity index (χ1) is 12.7. The first-order valence-electron chi connectivity index (χ1n) is 9.03. The van der Waals surface area contributed by atoms with Gasteiger partial charge in [-0.3, -0.25) is 9.79 Å². The zero-order valence-corrected chi connectivity index (χ0v) is 15.4. The molecule has 26 heavy (non-hydrogen) atoms. The minimum absolute atomic E-state index is 0.162. The molecule has 1 aromatic heterocycles. The summed E-state index contributed by atoms with van der Waals surface area (Å²) in [4.78, 5) is 18.7. The van der Waals surface area contributed by atoms with Crippen LogP contribution in [0.5, 0.6) is 0 Å². The van der Waals surface area contributed by atoms with Gasteiger partial charge < -0.3 is 20.0 Å². The van der Waals surface area contributed by atoms with E-state index in [0.29, 0.717) is 12.3 Å². The van der Waals surface area contributed by atoms with E-state index in [1.807, 2.05) is 14.0 Å². The van der Waals surface area contributed by atoms with Crippen molar-refractivity contribution in [2.75, 3.05) is 26.7 Å². The third-order valence-corrected chi connectivity index (χ3v) is 4.63. The lowest BCUT2D eigenvalue weighted by Crippen LogP contribution is -2.44. The molecular weight excluding hydrogens is 328 g/mol. The lowest BCUT2D eigenvalue weighted by Gasteiger charge is -2.31. The molecular formula is C20H26N4O2. The van der Waals surface area contributed by atoms with Gasteiger partial charge in [0.25, 0.3) is 5.91 Å². The molecule has 6 heteroatoms. The van der Waals surface area contributed by atoms with Crippen molar-refractivity contribution in [1.29, 1.82) is 0 Å². The highest BCUT2D eigenvalue weighted by molar-refractivity contribution is 5.92. The highest BCUT2D eigenvalue weighted by Crippen LogP contribution is 2.18. The second kappa shape index (κ2) is 8.56. The Kier molecular flexibility index (Phi) is 5.94. The summed E-state index contributed by atoms with van der Waals surface area (Å²) >= 11 is 0. The minimum Gasteiger partial charge on any atom is -0.459 e. The van der Waals surface area contributed by atoms with Gasteiger partial charge in [0.1, 0.15) is 0 Å². The average Bonchev–Trinajstić information content (AvgIpc) is 3.10. The van der Waals surface area contributed by atoms with Crippen LogP contribution >= 0.6 is 0 Å². The van der Waals surface area contributed by atoms with Crippen molar-refractivity contribution in [1.82, 2.24) is 15.5 Å². The maximum Gasteiger partial charge on any atom is 0.287 e. The van der Waals surface area contributed by atoms with E-state index in [4.69, 9.17) is 4.42 Å². The summed E-state index contributed by atoms with van der Waals surface area (Å²) in [6, 6.07) is 10.4. The molecule has 0 spiro atoms. The van der Waals surface area contributed by atoms with Crippen LogP contribution in [-0.4, -0.2) is 43.4 Å². The van der Waals surface area contributed by atoms with Crippen LogP contribution in [0, 0.1) is 6.92 Å². The summed E-state index contributed by atoms with van der Waals surface area (Å²) in [5.74, 6) is 1.14. The first kappa shape index (κ1) is 18.0. The molecule has 2 aromatic rings. The number of amides is 1. The molecule has 0 unspecified atom stereocenters. The number of nitrogens with one attached hydrogen (secondary N) is 2. The van der Waals surface area contributed by atoms with E-state index in [0.717, 1.165) is 44.0 Å². The maximum absolute atomic E-state index is 12.0. The largest absolute Gasteiger partial charge is 0.459 e. The zero-order chi connectivity index (χ0) is 18.4. The van der Waals surface area contributed by atoms with Gasteiger partial charge in [0, 0.05) is 38.8 Å². The number of aryl methyl sites for hydroxylation is 1. The zero-order valence-electron chi connectivity index (χ0n) is 15.4. The molecule has 3 rings (SSSR count). The van der Waals surface area contributed by atoms with Gasteiger partial charge in [0.15, 0.2) is 11.7 Å². The Hall–Kier alpha value is -2.76. The SMILES string of the molecule is CN=C(NCCCNC(=O)c1occc1C)N1CCc2ccccc2C1. The van der Waals surface area contributed by atoms with Gasteiger partial charge in [0.2, 0.25) is 0 Å². The Morgan fingerprint density at radius 1 is 1.19 bits per heavy atom. The number of fused-ring (bicyclic) bond motifs is 1. The van der Waals surface area contributed by atoms with Crippen molar-refractivity contribution in [3.8, 4) is 0 Å². The summed E-state index contributed by atoms with van der Waals surface area (Å²) in [5.41, 5.74) is 3.64. The van der Waals surface area contributed by atoms with Crippen LogP contribution in [0.4, 0.5) is 0 Å². The molecule has 0 atom stereocenters. The fraction of sp³-hybridized carbons (Fsp3) is 0.400. The van der Waals surface area contributed by atoms with Gasteiger partial charge in [-0.05, 0) is 37.0 Å². The molecule has 0 radical (unpaired) electrons. The molecule has 0 aliphatic carbocycles. The van der Waals surface area contributed by atoms with Crippen LogP contribution in [0.15, 0.2) is 46.0 Å². The Morgan fingerprint density at radius 3 is 2.69 bits per heavy atom. The summed E-state index contributed by atoms with van der Waals surface area (Å²) < 4.78 is 5.19. The van der Waals surface area contributed by atoms with Gasteiger partial charge in [-0.1, -0.05) is 24.3 Å². The molecule has 0 bridgehead atoms. The van der Waals surface area contributed by atoms with E-state index in [-0.39, 0.29) is 5.91 Å². The fourth-order valence-electron chi connectivity index (χ4n) is 3.18. The van der Waals surface area contributed by atoms with E-state index >= 15 is 0 Å². The first-order valence-corrected chi connectivity index (χ1v) is 9.03. The lowest BCUT2D eigenvalue weighted by molar-refractivity contribution is 0.0925. The summed E-state index contributed by atoms with van der Waals surface area (Å²) in [6.45, 7) is 5.05. The second-order valence-electron chi connectivity index (χ2n) is 6.46. The second-order valence-corrected chi connectivity index (χ2v) is 6.46. The number of hydrogen-bond acceptors (Lipinski definition) is 3. The molecule has 2 heterocycles. The van der Waals surface area contributed by atoms with E-state index in [1.165, 1.54) is 17.4 Å². The molecule has 1 amide bonds. The van der Waals surface area contributed by atoms with Crippen molar-refractivity contribution in [3.63, 3.8) is 0 Å². The molecule has 138 valence electrons. The summed E-state index contributed by atoms with van der Waals surface area (Å²) in [7, 11) is 1.81. The molecule has 1 aliphatic heterocycles. The van der Waals surface area contributed by atoms with Crippen molar-refractivity contribution in [2.45, 2.75) is 26.3 Å². The number of benzene rings is 1. The van der Waals surface area contributed by atoms with Crippen LogP contribution in [0.3, 0.4) is 0 Å². The van der Waals surface area contributed by atoms with Gasteiger partial charge in [-0.15, -0.1) is 0 Å². The topological polar surface area (TPSA) is 69.9 Å². The number of guanidine groups is 1. The quantitative estimate of drug-likeness (QED) is 0.491. The number of carbonyl (C=O) groups is 1. The van der Waals surface area contributed by atoms with Crippen molar-refractivity contribution in [3.05, 3.63) is 59.0 Å². The standard InChI is InChI=1S/C20H26N4O2/c1-15-9-13-26-18(15)19(25)22-10-5-11-23-20(21-2)24-12-8-16-6-3-4-7-17(16)14-24/h3-4,6-7,9,13H,5,8,10-12,14H2,1-2H3,(H,21,23)(H,22,25). The Bertz CT molecular complexity index is 782. The Morgan fingerprint density at radius 2 is 1.96 bits per heavy atom. The fourth-order valence-corrected chi connectivity index (χ4v) is 3.18. The maximum atomic E-state index is 12.0. The highest BCUT2D eigenvalue weighted by atomic mass is 16.3. The van der Waals surface area contributed by atoms with E-state index in [9.17, 15) is 4.79 Å². The smallest absolute Gasteiger partial charge is 0.287 e. The van der Waals surface area contributed by atoms with Crippen molar-refractivity contribution < 1.29 is 9.21 Å². The monoisotopic (exact) mass is 354 g/mol. The summed E-state index contributed by atoms with van der Waals surface area (Å²) in [6.07, 6.45) is 3.39. The van der Waals surface area contributed by atoms with E-state index in [2.05, 4.69) is 44.8 Å². The third kappa shape index (κ3) is 4.25. The molecule has 6 nitrogen and oxygen atoms in total. The Labute approximate surface area is 154 Å². The van der Waals surface area contributed by atoms with Crippen molar-refractivity contribution >= 4 is 11.9 Å². The highest BCUT2D eigenvalue weighted by Gasteiger charge is 2.18. The van der Waals surface area contributed by atoms with E-state index < -0.39 is 0 Å². The molecule has 1 aliphatic rings. The van der Waals surface area contributed by atoms with E-state index in [1.54, 1.807) is 6.07 Å². The van der Waals surface area contributed by atoms with Crippen LogP contribution < -0.4 is 10.6 Å². The molecule has 0 saturated heterocycles. The average molecular weight is 354 g/mol. The third-order valence-electron chi connectivity index (χ3n) is 4.63. The van der Waals surface area contributed by atoms with Crippen LogP contribution in [-0.2, 0) is 13.0 Å². The van der Waals surface area contributed by atoms with Gasteiger partial charge in [0.05, 0.1) is 6.26 Å². The molecule has 2 N–H and O–H groups in total.